The lowest BCUT2D eigenvalue weighted by Crippen LogP contribution is -2.32. The molecule has 0 spiro atoms. The third-order valence-electron chi connectivity index (χ3n) is 3.59. The van der Waals surface area contributed by atoms with Gasteiger partial charge in [-0.1, -0.05) is 6.92 Å². The van der Waals surface area contributed by atoms with Crippen molar-refractivity contribution in [2.75, 3.05) is 18.4 Å². The van der Waals surface area contributed by atoms with E-state index in [0.29, 0.717) is 30.4 Å². The normalized spacial score (nSPS) is 13.8. The van der Waals surface area contributed by atoms with Gasteiger partial charge in [0.1, 0.15) is 5.69 Å². The Balaban J connectivity index is 2.27. The van der Waals surface area contributed by atoms with E-state index in [-0.39, 0.29) is 11.6 Å². The molecule has 6 heteroatoms. The van der Waals surface area contributed by atoms with Crippen LogP contribution in [0.4, 0.5) is 11.4 Å². The molecular formula is C15H21N3O3. The maximum Gasteiger partial charge on any atom is 0.292 e. The Morgan fingerprint density at radius 1 is 1.43 bits per heavy atom. The smallest absolute Gasteiger partial charge is 0.292 e. The highest BCUT2D eigenvalue weighted by Crippen LogP contribution is 2.30. The lowest BCUT2D eigenvalue weighted by molar-refractivity contribution is -0.384. The highest BCUT2D eigenvalue weighted by molar-refractivity contribution is 5.96. The van der Waals surface area contributed by atoms with Crippen molar-refractivity contribution >= 4 is 17.3 Å². The fourth-order valence-electron chi connectivity index (χ4n) is 2.35. The van der Waals surface area contributed by atoms with Gasteiger partial charge in [0.2, 0.25) is 0 Å². The van der Waals surface area contributed by atoms with Crippen LogP contribution in [0.5, 0.6) is 0 Å². The minimum Gasteiger partial charge on any atom is -0.379 e. The molecule has 0 atom stereocenters. The molecule has 0 radical (unpaired) electrons. The standard InChI is InChI=1S/C15H21N3O3/c1-3-9-16-13-10-11(5-8-14(13)18(20)21)15(19)17(4-2)12-6-7-12/h5,8,10,12,16H,3-4,6-7,9H2,1-2H3. The van der Waals surface area contributed by atoms with Crippen LogP contribution >= 0.6 is 0 Å². The zero-order valence-corrected chi connectivity index (χ0v) is 12.5. The molecule has 0 aliphatic heterocycles. The van der Waals surface area contributed by atoms with Crippen LogP contribution in [0.2, 0.25) is 0 Å². The van der Waals surface area contributed by atoms with Crippen LogP contribution in [-0.4, -0.2) is 34.9 Å². The van der Waals surface area contributed by atoms with Crippen molar-refractivity contribution in [3.8, 4) is 0 Å². The topological polar surface area (TPSA) is 75.5 Å². The molecule has 0 heterocycles. The predicted octanol–water partition coefficient (Wildman–Crippen LogP) is 3.04. The van der Waals surface area contributed by atoms with Crippen molar-refractivity contribution in [1.82, 2.24) is 4.90 Å². The number of amides is 1. The fourth-order valence-corrected chi connectivity index (χ4v) is 2.35. The molecule has 1 fully saturated rings. The molecule has 2 rings (SSSR count). The molecule has 1 aromatic carbocycles. The molecule has 1 N–H and O–H groups in total. The van der Waals surface area contributed by atoms with Gasteiger partial charge in [-0.25, -0.2) is 0 Å². The van der Waals surface area contributed by atoms with E-state index in [2.05, 4.69) is 5.32 Å². The summed E-state index contributed by atoms with van der Waals surface area (Å²) in [4.78, 5) is 24.9. The first-order chi connectivity index (χ1) is 10.1. The van der Waals surface area contributed by atoms with E-state index in [1.54, 1.807) is 12.1 Å². The Bertz CT molecular complexity index is 541. The number of carbonyl (C=O) groups is 1. The number of nitro groups is 1. The zero-order chi connectivity index (χ0) is 15.4. The SMILES string of the molecule is CCCNc1cc(C(=O)N(CC)C2CC2)ccc1[N+](=O)[O-]. The van der Waals surface area contributed by atoms with E-state index in [4.69, 9.17) is 0 Å². The molecule has 0 aromatic heterocycles. The summed E-state index contributed by atoms with van der Waals surface area (Å²) in [6.07, 6.45) is 2.96. The van der Waals surface area contributed by atoms with Gasteiger partial charge in [0.05, 0.1) is 4.92 Å². The Morgan fingerprint density at radius 3 is 2.67 bits per heavy atom. The zero-order valence-electron chi connectivity index (χ0n) is 12.5. The van der Waals surface area contributed by atoms with Crippen molar-refractivity contribution < 1.29 is 9.72 Å². The molecule has 6 nitrogen and oxygen atoms in total. The maximum absolute atomic E-state index is 12.5. The van der Waals surface area contributed by atoms with Crippen molar-refractivity contribution in [1.29, 1.82) is 0 Å². The number of nitro benzene ring substituents is 1. The Morgan fingerprint density at radius 2 is 2.14 bits per heavy atom. The van der Waals surface area contributed by atoms with Gasteiger partial charge >= 0.3 is 0 Å². The van der Waals surface area contributed by atoms with Crippen molar-refractivity contribution in [2.24, 2.45) is 0 Å². The third kappa shape index (κ3) is 3.51. The van der Waals surface area contributed by atoms with Crippen LogP contribution in [0.3, 0.4) is 0 Å². The number of nitrogens with zero attached hydrogens (tertiary/aromatic N) is 2. The predicted molar refractivity (Wildman–Crippen MR) is 81.6 cm³/mol. The van der Waals surface area contributed by atoms with Crippen LogP contribution in [0, 0.1) is 10.1 Å². The summed E-state index contributed by atoms with van der Waals surface area (Å²) in [6.45, 7) is 5.24. The first-order valence-corrected chi connectivity index (χ1v) is 7.41. The average molecular weight is 291 g/mol. The molecule has 1 saturated carbocycles. The van der Waals surface area contributed by atoms with Crippen LogP contribution in [0.15, 0.2) is 18.2 Å². The van der Waals surface area contributed by atoms with Gasteiger partial charge in [-0.2, -0.15) is 0 Å². The molecule has 1 aliphatic carbocycles. The first-order valence-electron chi connectivity index (χ1n) is 7.41. The van der Waals surface area contributed by atoms with E-state index in [9.17, 15) is 14.9 Å². The highest BCUT2D eigenvalue weighted by atomic mass is 16.6. The number of carbonyl (C=O) groups excluding carboxylic acids is 1. The van der Waals surface area contributed by atoms with E-state index < -0.39 is 4.92 Å². The molecule has 21 heavy (non-hydrogen) atoms. The number of anilines is 1. The number of nitrogens with one attached hydrogen (secondary N) is 1. The van der Waals surface area contributed by atoms with Gasteiger partial charge in [-0.05, 0) is 38.3 Å². The lowest BCUT2D eigenvalue weighted by Gasteiger charge is -2.20. The van der Waals surface area contributed by atoms with Gasteiger partial charge < -0.3 is 10.2 Å². The fraction of sp³-hybridized carbons (Fsp3) is 0.533. The van der Waals surface area contributed by atoms with Crippen LogP contribution in [-0.2, 0) is 0 Å². The molecule has 114 valence electrons. The van der Waals surface area contributed by atoms with E-state index in [0.717, 1.165) is 19.3 Å². The van der Waals surface area contributed by atoms with Gasteiger partial charge in [0.15, 0.2) is 0 Å². The molecule has 0 saturated heterocycles. The molecule has 0 bridgehead atoms. The van der Waals surface area contributed by atoms with Gasteiger partial charge in [-0.3, -0.25) is 14.9 Å². The number of hydrogen-bond acceptors (Lipinski definition) is 4. The van der Waals surface area contributed by atoms with Gasteiger partial charge in [0.25, 0.3) is 11.6 Å². The summed E-state index contributed by atoms with van der Waals surface area (Å²) in [7, 11) is 0. The average Bonchev–Trinajstić information content (AvgIpc) is 3.30. The Labute approximate surface area is 124 Å². The highest BCUT2D eigenvalue weighted by Gasteiger charge is 2.32. The second-order valence-electron chi connectivity index (χ2n) is 5.24. The van der Waals surface area contributed by atoms with Crippen LogP contribution in [0.1, 0.15) is 43.5 Å². The Hall–Kier alpha value is -2.11. The Kier molecular flexibility index (Phi) is 4.77. The molecule has 0 unspecified atom stereocenters. The van der Waals surface area contributed by atoms with E-state index in [1.807, 2.05) is 18.7 Å². The monoisotopic (exact) mass is 291 g/mol. The number of rotatable bonds is 7. The van der Waals surface area contributed by atoms with Gasteiger partial charge in [0, 0.05) is 30.8 Å². The molecule has 1 aliphatic rings. The first kappa shape index (κ1) is 15.3. The van der Waals surface area contributed by atoms with Gasteiger partial charge in [-0.15, -0.1) is 0 Å². The van der Waals surface area contributed by atoms with Crippen LogP contribution < -0.4 is 5.32 Å². The third-order valence-corrected chi connectivity index (χ3v) is 3.59. The van der Waals surface area contributed by atoms with Crippen molar-refractivity contribution in [3.05, 3.63) is 33.9 Å². The number of hydrogen-bond donors (Lipinski definition) is 1. The quantitative estimate of drug-likeness (QED) is 0.619. The van der Waals surface area contributed by atoms with Crippen molar-refractivity contribution in [2.45, 2.75) is 39.2 Å². The van der Waals surface area contributed by atoms with E-state index >= 15 is 0 Å². The second-order valence-corrected chi connectivity index (χ2v) is 5.24. The summed E-state index contributed by atoms with van der Waals surface area (Å²) in [5.74, 6) is -0.0468. The van der Waals surface area contributed by atoms with Crippen LogP contribution in [0.25, 0.3) is 0 Å². The second kappa shape index (κ2) is 6.56. The summed E-state index contributed by atoms with van der Waals surface area (Å²) >= 11 is 0. The number of benzene rings is 1. The maximum atomic E-state index is 12.5. The summed E-state index contributed by atoms with van der Waals surface area (Å²) in [6, 6.07) is 4.89. The largest absolute Gasteiger partial charge is 0.379 e. The molecule has 1 aromatic rings. The molecular weight excluding hydrogens is 270 g/mol. The summed E-state index contributed by atoms with van der Waals surface area (Å²) in [5.41, 5.74) is 0.932. The lowest BCUT2D eigenvalue weighted by atomic mass is 10.1. The summed E-state index contributed by atoms with van der Waals surface area (Å²) < 4.78 is 0. The van der Waals surface area contributed by atoms with E-state index in [1.165, 1.54) is 6.07 Å². The minimum absolute atomic E-state index is 0.00877. The van der Waals surface area contributed by atoms with Crippen molar-refractivity contribution in [3.63, 3.8) is 0 Å². The summed E-state index contributed by atoms with van der Waals surface area (Å²) in [5, 5.41) is 14.1. The molecule has 1 amide bonds. The minimum atomic E-state index is -0.426.